The Morgan fingerprint density at radius 1 is 1.08 bits per heavy atom. The molecule has 3 aromatic rings. The van der Waals surface area contributed by atoms with Crippen molar-refractivity contribution in [3.05, 3.63) is 65.9 Å². The first-order valence-corrected chi connectivity index (χ1v) is 8.76. The molecular formula is C21H24N2O. The van der Waals surface area contributed by atoms with Crippen LogP contribution in [-0.4, -0.2) is 30.0 Å². The van der Waals surface area contributed by atoms with Crippen LogP contribution in [0.2, 0.25) is 0 Å². The van der Waals surface area contributed by atoms with Crippen LogP contribution in [0.25, 0.3) is 10.9 Å². The number of hydrogen-bond donors (Lipinski definition) is 1. The summed E-state index contributed by atoms with van der Waals surface area (Å²) in [4.78, 5) is 5.84. The molecular weight excluding hydrogens is 296 g/mol. The van der Waals surface area contributed by atoms with Crippen molar-refractivity contribution in [1.29, 1.82) is 0 Å². The van der Waals surface area contributed by atoms with E-state index in [0.29, 0.717) is 12.5 Å². The lowest BCUT2D eigenvalue weighted by molar-refractivity contribution is 0.256. The summed E-state index contributed by atoms with van der Waals surface area (Å²) in [5.41, 5.74) is 3.85. The van der Waals surface area contributed by atoms with Crippen molar-refractivity contribution in [3.63, 3.8) is 0 Å². The van der Waals surface area contributed by atoms with Crippen molar-refractivity contribution in [2.24, 2.45) is 0 Å². The standard InChI is InChI=1S/C21H24N2O/c1-23-11-9-17(10-12-23)20-14-22-21-8-7-18(13-19(20)21)24-15-16-5-3-2-4-6-16/h2-8,13-14,17,22H,9-12,15H2,1H3. The van der Waals surface area contributed by atoms with E-state index in [2.05, 4.69) is 53.5 Å². The summed E-state index contributed by atoms with van der Waals surface area (Å²) in [5, 5.41) is 1.31. The molecule has 0 atom stereocenters. The molecule has 0 saturated carbocycles. The van der Waals surface area contributed by atoms with Crippen molar-refractivity contribution in [2.45, 2.75) is 25.4 Å². The van der Waals surface area contributed by atoms with Crippen LogP contribution in [0.15, 0.2) is 54.7 Å². The van der Waals surface area contributed by atoms with E-state index < -0.39 is 0 Å². The average molecular weight is 320 g/mol. The number of rotatable bonds is 4. The number of piperidine rings is 1. The van der Waals surface area contributed by atoms with E-state index in [0.717, 1.165) is 5.75 Å². The molecule has 0 unspecified atom stereocenters. The Labute approximate surface area is 143 Å². The van der Waals surface area contributed by atoms with Gasteiger partial charge >= 0.3 is 0 Å². The van der Waals surface area contributed by atoms with Crippen molar-refractivity contribution in [1.82, 2.24) is 9.88 Å². The van der Waals surface area contributed by atoms with Crippen molar-refractivity contribution < 1.29 is 4.74 Å². The second kappa shape index (κ2) is 6.70. The number of aromatic amines is 1. The molecule has 24 heavy (non-hydrogen) atoms. The van der Waals surface area contributed by atoms with Gasteiger partial charge in [-0.1, -0.05) is 30.3 Å². The fraction of sp³-hybridized carbons (Fsp3) is 0.333. The number of nitrogens with one attached hydrogen (secondary N) is 1. The molecule has 0 amide bonds. The number of hydrogen-bond acceptors (Lipinski definition) is 2. The Morgan fingerprint density at radius 3 is 2.67 bits per heavy atom. The van der Waals surface area contributed by atoms with E-state index in [1.807, 2.05) is 18.2 Å². The van der Waals surface area contributed by atoms with Crippen LogP contribution >= 0.6 is 0 Å². The minimum Gasteiger partial charge on any atom is -0.489 e. The molecule has 3 nitrogen and oxygen atoms in total. The predicted octanol–water partition coefficient (Wildman–Crippen LogP) is 4.56. The molecule has 0 radical (unpaired) electrons. The summed E-state index contributed by atoms with van der Waals surface area (Å²) in [6.07, 6.45) is 4.67. The Bertz CT molecular complexity index is 801. The quantitative estimate of drug-likeness (QED) is 0.763. The number of aromatic nitrogens is 1. The van der Waals surface area contributed by atoms with Gasteiger partial charge in [0.05, 0.1) is 0 Å². The van der Waals surface area contributed by atoms with Gasteiger partial charge in [0.15, 0.2) is 0 Å². The molecule has 2 aromatic carbocycles. The molecule has 1 aliphatic rings. The number of benzene rings is 2. The van der Waals surface area contributed by atoms with Crippen LogP contribution in [0.4, 0.5) is 0 Å². The minimum absolute atomic E-state index is 0.611. The first kappa shape index (κ1) is 15.3. The van der Waals surface area contributed by atoms with Crippen molar-refractivity contribution in [3.8, 4) is 5.75 Å². The van der Waals surface area contributed by atoms with Gasteiger partial charge in [-0.2, -0.15) is 0 Å². The molecule has 1 saturated heterocycles. The van der Waals surface area contributed by atoms with E-state index in [-0.39, 0.29) is 0 Å². The highest BCUT2D eigenvalue weighted by Gasteiger charge is 2.21. The third-order valence-corrected chi connectivity index (χ3v) is 5.09. The Hall–Kier alpha value is -2.26. The van der Waals surface area contributed by atoms with E-state index in [4.69, 9.17) is 4.74 Å². The van der Waals surface area contributed by atoms with Gasteiger partial charge in [-0.25, -0.2) is 0 Å². The van der Waals surface area contributed by atoms with Crippen molar-refractivity contribution in [2.75, 3.05) is 20.1 Å². The van der Waals surface area contributed by atoms with Gasteiger partial charge in [0.1, 0.15) is 12.4 Å². The van der Waals surface area contributed by atoms with Crippen LogP contribution < -0.4 is 4.74 Å². The van der Waals surface area contributed by atoms with E-state index in [9.17, 15) is 0 Å². The molecule has 1 aliphatic heterocycles. The lowest BCUT2D eigenvalue weighted by Crippen LogP contribution is -2.29. The number of likely N-dealkylation sites (tertiary alicyclic amines) is 1. The zero-order valence-corrected chi connectivity index (χ0v) is 14.2. The fourth-order valence-corrected chi connectivity index (χ4v) is 3.61. The SMILES string of the molecule is CN1CCC(c2c[nH]c3ccc(OCc4ccccc4)cc23)CC1. The van der Waals surface area contributed by atoms with Gasteiger partial charge in [0, 0.05) is 17.1 Å². The van der Waals surface area contributed by atoms with E-state index >= 15 is 0 Å². The maximum atomic E-state index is 6.01. The highest BCUT2D eigenvalue weighted by atomic mass is 16.5. The zero-order chi connectivity index (χ0) is 16.4. The lowest BCUT2D eigenvalue weighted by atomic mass is 9.89. The maximum absolute atomic E-state index is 6.01. The molecule has 0 bridgehead atoms. The van der Waals surface area contributed by atoms with Gasteiger partial charge < -0.3 is 14.6 Å². The minimum atomic E-state index is 0.611. The number of H-pyrrole nitrogens is 1. The third kappa shape index (κ3) is 3.17. The normalized spacial score (nSPS) is 16.5. The van der Waals surface area contributed by atoms with Crippen LogP contribution in [0.3, 0.4) is 0 Å². The summed E-state index contributed by atoms with van der Waals surface area (Å²) in [6, 6.07) is 16.7. The van der Waals surface area contributed by atoms with Crippen LogP contribution in [-0.2, 0) is 6.61 Å². The molecule has 1 N–H and O–H groups in total. The third-order valence-electron chi connectivity index (χ3n) is 5.09. The van der Waals surface area contributed by atoms with Crippen LogP contribution in [0.1, 0.15) is 29.9 Å². The summed E-state index contributed by atoms with van der Waals surface area (Å²) < 4.78 is 6.01. The Kier molecular flexibility index (Phi) is 4.26. The van der Waals surface area contributed by atoms with Gasteiger partial charge in [-0.15, -0.1) is 0 Å². The summed E-state index contributed by atoms with van der Waals surface area (Å²) in [7, 11) is 2.21. The molecule has 3 heteroatoms. The summed E-state index contributed by atoms with van der Waals surface area (Å²) in [6.45, 7) is 2.98. The number of fused-ring (bicyclic) bond motifs is 1. The highest BCUT2D eigenvalue weighted by molar-refractivity contribution is 5.85. The second-order valence-electron chi connectivity index (χ2n) is 6.80. The molecule has 124 valence electrons. The zero-order valence-electron chi connectivity index (χ0n) is 14.2. The molecule has 1 fully saturated rings. The van der Waals surface area contributed by atoms with Gasteiger partial charge in [0.2, 0.25) is 0 Å². The molecule has 2 heterocycles. The van der Waals surface area contributed by atoms with E-state index in [1.54, 1.807) is 0 Å². The fourth-order valence-electron chi connectivity index (χ4n) is 3.61. The van der Waals surface area contributed by atoms with Gasteiger partial charge in [-0.05, 0) is 68.2 Å². The van der Waals surface area contributed by atoms with E-state index in [1.165, 1.54) is 48.0 Å². The smallest absolute Gasteiger partial charge is 0.120 e. The average Bonchev–Trinajstić information content (AvgIpc) is 3.05. The van der Waals surface area contributed by atoms with Gasteiger partial charge in [0.25, 0.3) is 0 Å². The number of nitrogens with zero attached hydrogens (tertiary/aromatic N) is 1. The number of ether oxygens (including phenoxy) is 1. The maximum Gasteiger partial charge on any atom is 0.120 e. The van der Waals surface area contributed by atoms with Crippen LogP contribution in [0.5, 0.6) is 5.75 Å². The first-order chi connectivity index (χ1) is 11.8. The Morgan fingerprint density at radius 2 is 1.88 bits per heavy atom. The predicted molar refractivity (Wildman–Crippen MR) is 98.5 cm³/mol. The Balaban J connectivity index is 1.54. The van der Waals surface area contributed by atoms with Crippen LogP contribution in [0, 0.1) is 0 Å². The second-order valence-corrected chi connectivity index (χ2v) is 6.80. The molecule has 0 spiro atoms. The monoisotopic (exact) mass is 320 g/mol. The topological polar surface area (TPSA) is 28.3 Å². The largest absolute Gasteiger partial charge is 0.489 e. The summed E-state index contributed by atoms with van der Waals surface area (Å²) >= 11 is 0. The van der Waals surface area contributed by atoms with Gasteiger partial charge in [-0.3, -0.25) is 0 Å². The summed E-state index contributed by atoms with van der Waals surface area (Å²) in [5.74, 6) is 1.60. The highest BCUT2D eigenvalue weighted by Crippen LogP contribution is 2.34. The lowest BCUT2D eigenvalue weighted by Gasteiger charge is -2.28. The van der Waals surface area contributed by atoms with Crippen molar-refractivity contribution >= 4 is 10.9 Å². The molecule has 1 aromatic heterocycles. The first-order valence-electron chi connectivity index (χ1n) is 8.76. The molecule has 0 aliphatic carbocycles. The molecule has 4 rings (SSSR count).